The molecule has 0 radical (unpaired) electrons. The second-order valence-electron chi connectivity index (χ2n) is 5.59. The van der Waals surface area contributed by atoms with Gasteiger partial charge in [-0.05, 0) is 32.9 Å². The van der Waals surface area contributed by atoms with Crippen molar-refractivity contribution < 1.29 is 5.11 Å². The third-order valence-corrected chi connectivity index (χ3v) is 3.03. The van der Waals surface area contributed by atoms with Crippen LogP contribution in [0.25, 0.3) is 0 Å². The molecule has 0 aliphatic rings. The maximum atomic E-state index is 10.0. The molecule has 0 saturated heterocycles. The van der Waals surface area contributed by atoms with Crippen molar-refractivity contribution in [2.75, 3.05) is 13.1 Å². The highest BCUT2D eigenvalue weighted by Crippen LogP contribution is 2.24. The lowest BCUT2D eigenvalue weighted by Gasteiger charge is -2.37. The molecule has 0 saturated carbocycles. The Bertz CT molecular complexity index is 343. The van der Waals surface area contributed by atoms with E-state index in [-0.39, 0.29) is 12.1 Å². The van der Waals surface area contributed by atoms with Gasteiger partial charge < -0.3 is 10.8 Å². The Hall–Kier alpha value is -0.900. The smallest absolute Gasteiger partial charge is 0.0718 e. The lowest BCUT2D eigenvalue weighted by molar-refractivity contribution is 0.0187. The normalized spacial score (nSPS) is 15.7. The second kappa shape index (κ2) is 6.32. The zero-order valence-corrected chi connectivity index (χ0v) is 11.9. The van der Waals surface area contributed by atoms with Gasteiger partial charge in [0.2, 0.25) is 0 Å². The van der Waals surface area contributed by atoms with Crippen LogP contribution in [0, 0.1) is 0 Å². The van der Waals surface area contributed by atoms with Crippen LogP contribution >= 0.6 is 0 Å². The molecule has 1 rings (SSSR count). The first-order chi connectivity index (χ1) is 8.35. The van der Waals surface area contributed by atoms with Gasteiger partial charge in [0.15, 0.2) is 0 Å². The average Bonchev–Trinajstić information content (AvgIpc) is 2.27. The predicted octanol–water partition coefficient (Wildman–Crippen LogP) is 2.17. The number of aliphatic hydroxyl groups is 1. The molecule has 1 aromatic rings. The van der Waals surface area contributed by atoms with Gasteiger partial charge in [-0.15, -0.1) is 0 Å². The van der Waals surface area contributed by atoms with Gasteiger partial charge >= 0.3 is 0 Å². The summed E-state index contributed by atoms with van der Waals surface area (Å²) in [5.41, 5.74) is 6.64. The summed E-state index contributed by atoms with van der Waals surface area (Å²) in [6.07, 6.45) is 0. The Kier molecular flexibility index (Phi) is 5.32. The fourth-order valence-electron chi connectivity index (χ4n) is 2.40. The van der Waals surface area contributed by atoms with Crippen LogP contribution in [-0.4, -0.2) is 34.7 Å². The van der Waals surface area contributed by atoms with E-state index in [2.05, 4.69) is 24.0 Å². The van der Waals surface area contributed by atoms with Crippen LogP contribution in [0.5, 0.6) is 0 Å². The molecule has 0 amide bonds. The van der Waals surface area contributed by atoms with Gasteiger partial charge in [-0.3, -0.25) is 4.90 Å². The summed E-state index contributed by atoms with van der Waals surface area (Å²) < 4.78 is 0. The van der Waals surface area contributed by atoms with Gasteiger partial charge in [0.25, 0.3) is 0 Å². The molecule has 3 heteroatoms. The van der Waals surface area contributed by atoms with Crippen molar-refractivity contribution in [3.8, 4) is 0 Å². The molecule has 3 nitrogen and oxygen atoms in total. The molecule has 0 aliphatic carbocycles. The Morgan fingerprint density at radius 2 is 1.83 bits per heavy atom. The monoisotopic (exact) mass is 250 g/mol. The Morgan fingerprint density at radius 1 is 1.28 bits per heavy atom. The van der Waals surface area contributed by atoms with Crippen molar-refractivity contribution in [1.82, 2.24) is 4.90 Å². The van der Waals surface area contributed by atoms with Crippen LogP contribution in [0.15, 0.2) is 30.3 Å². The van der Waals surface area contributed by atoms with Crippen molar-refractivity contribution in [2.24, 2.45) is 5.73 Å². The van der Waals surface area contributed by atoms with Crippen LogP contribution in [0.3, 0.4) is 0 Å². The maximum absolute atomic E-state index is 10.0. The minimum atomic E-state index is -0.710. The average molecular weight is 250 g/mol. The molecule has 0 aliphatic heterocycles. The van der Waals surface area contributed by atoms with Gasteiger partial charge in [0, 0.05) is 18.6 Å². The van der Waals surface area contributed by atoms with Crippen LogP contribution < -0.4 is 5.73 Å². The molecule has 3 N–H and O–H groups in total. The third kappa shape index (κ3) is 4.41. The summed E-state index contributed by atoms with van der Waals surface area (Å²) in [4.78, 5) is 2.24. The van der Waals surface area contributed by atoms with Gasteiger partial charge in [-0.2, -0.15) is 0 Å². The fraction of sp³-hybridized carbons (Fsp3) is 0.600. The zero-order chi connectivity index (χ0) is 13.8. The number of likely N-dealkylation sites (N-methyl/N-ethyl adjacent to an activating group) is 1. The summed E-state index contributed by atoms with van der Waals surface area (Å²) >= 11 is 0. The van der Waals surface area contributed by atoms with Crippen LogP contribution in [0.2, 0.25) is 0 Å². The Balaban J connectivity index is 2.96. The second-order valence-corrected chi connectivity index (χ2v) is 5.59. The molecule has 2 atom stereocenters. The third-order valence-electron chi connectivity index (χ3n) is 3.03. The van der Waals surface area contributed by atoms with E-state index in [9.17, 15) is 5.11 Å². The highest BCUT2D eigenvalue weighted by atomic mass is 16.3. The van der Waals surface area contributed by atoms with Gasteiger partial charge in [0.05, 0.1) is 5.60 Å². The highest BCUT2D eigenvalue weighted by Gasteiger charge is 2.27. The van der Waals surface area contributed by atoms with E-state index >= 15 is 0 Å². The summed E-state index contributed by atoms with van der Waals surface area (Å²) in [7, 11) is 0. The largest absolute Gasteiger partial charge is 0.389 e. The number of hydrogen-bond donors (Lipinski definition) is 2. The molecular weight excluding hydrogens is 224 g/mol. The van der Waals surface area contributed by atoms with E-state index in [4.69, 9.17) is 5.73 Å². The first-order valence-electron chi connectivity index (χ1n) is 6.62. The van der Waals surface area contributed by atoms with Crippen molar-refractivity contribution in [3.63, 3.8) is 0 Å². The summed E-state index contributed by atoms with van der Waals surface area (Å²) in [6.45, 7) is 9.27. The van der Waals surface area contributed by atoms with Crippen molar-refractivity contribution in [3.05, 3.63) is 35.9 Å². The summed E-state index contributed by atoms with van der Waals surface area (Å²) in [6, 6.07) is 10.4. The molecule has 1 aromatic carbocycles. The maximum Gasteiger partial charge on any atom is 0.0718 e. The van der Waals surface area contributed by atoms with E-state index in [1.165, 1.54) is 5.56 Å². The highest BCUT2D eigenvalue weighted by molar-refractivity contribution is 5.20. The van der Waals surface area contributed by atoms with Crippen molar-refractivity contribution in [2.45, 2.75) is 45.4 Å². The molecule has 2 unspecified atom stereocenters. The number of nitrogens with zero attached hydrogens (tertiary/aromatic N) is 1. The molecule has 0 aromatic heterocycles. The van der Waals surface area contributed by atoms with Crippen LogP contribution in [0.4, 0.5) is 0 Å². The summed E-state index contributed by atoms with van der Waals surface area (Å²) in [5, 5.41) is 10.0. The van der Waals surface area contributed by atoms with Crippen LogP contribution in [0.1, 0.15) is 39.3 Å². The summed E-state index contributed by atoms with van der Waals surface area (Å²) in [5.74, 6) is 0. The van der Waals surface area contributed by atoms with E-state index < -0.39 is 5.60 Å². The number of rotatable bonds is 6. The lowest BCUT2D eigenvalue weighted by atomic mass is 9.97. The number of benzene rings is 1. The Labute approximate surface area is 111 Å². The van der Waals surface area contributed by atoms with E-state index in [1.54, 1.807) is 0 Å². The first-order valence-corrected chi connectivity index (χ1v) is 6.62. The van der Waals surface area contributed by atoms with E-state index in [0.717, 1.165) is 6.54 Å². The molecule has 0 heterocycles. The molecule has 0 bridgehead atoms. The number of hydrogen-bond acceptors (Lipinski definition) is 3. The lowest BCUT2D eigenvalue weighted by Crippen LogP contribution is -2.45. The van der Waals surface area contributed by atoms with Crippen LogP contribution in [-0.2, 0) is 0 Å². The standard InChI is InChI=1S/C15H26N2O/c1-5-17(11-15(3,4)18)14(12(2)16)13-9-7-6-8-10-13/h6-10,12,14,18H,5,11,16H2,1-4H3. The Morgan fingerprint density at radius 3 is 2.22 bits per heavy atom. The molecule has 0 fully saturated rings. The van der Waals surface area contributed by atoms with Crippen molar-refractivity contribution in [1.29, 1.82) is 0 Å². The minimum Gasteiger partial charge on any atom is -0.389 e. The fourth-order valence-corrected chi connectivity index (χ4v) is 2.40. The number of nitrogens with two attached hydrogens (primary N) is 1. The predicted molar refractivity (Wildman–Crippen MR) is 76.4 cm³/mol. The molecule has 0 spiro atoms. The molecular formula is C15H26N2O. The van der Waals surface area contributed by atoms with Crippen molar-refractivity contribution >= 4 is 0 Å². The van der Waals surface area contributed by atoms with Gasteiger partial charge in [-0.25, -0.2) is 0 Å². The topological polar surface area (TPSA) is 49.5 Å². The molecule has 18 heavy (non-hydrogen) atoms. The minimum absolute atomic E-state index is 0.0229. The zero-order valence-electron chi connectivity index (χ0n) is 11.9. The van der Waals surface area contributed by atoms with E-state index in [1.807, 2.05) is 39.0 Å². The molecule has 102 valence electrons. The van der Waals surface area contributed by atoms with E-state index in [0.29, 0.717) is 6.54 Å². The van der Waals surface area contributed by atoms with Gasteiger partial charge in [-0.1, -0.05) is 37.3 Å². The SMILES string of the molecule is CCN(CC(C)(C)O)C(c1ccccc1)C(C)N. The quantitative estimate of drug-likeness (QED) is 0.813. The first kappa shape index (κ1) is 15.2. The van der Waals surface area contributed by atoms with Gasteiger partial charge in [0.1, 0.15) is 0 Å².